The molecule has 0 radical (unpaired) electrons. The minimum atomic E-state index is 0.282. The maximum absolute atomic E-state index is 12.1. The van der Waals surface area contributed by atoms with Gasteiger partial charge in [-0.05, 0) is 20.4 Å². The van der Waals surface area contributed by atoms with Gasteiger partial charge in [-0.3, -0.25) is 9.69 Å². The van der Waals surface area contributed by atoms with Crippen molar-refractivity contribution >= 4 is 5.91 Å². The Bertz CT molecular complexity index is 252. The van der Waals surface area contributed by atoms with Crippen LogP contribution in [0.4, 0.5) is 0 Å². The first kappa shape index (κ1) is 16.4. The van der Waals surface area contributed by atoms with E-state index in [-0.39, 0.29) is 5.91 Å². The number of unbranched alkanes of at least 4 members (excludes halogenated alkanes) is 3. The Hall–Kier alpha value is -0.610. The van der Waals surface area contributed by atoms with Crippen molar-refractivity contribution in [2.75, 3.05) is 39.8 Å². The van der Waals surface area contributed by atoms with Crippen LogP contribution in [0.2, 0.25) is 0 Å². The number of hydrogen-bond donors (Lipinski definition) is 1. The number of amides is 1. The molecule has 1 fully saturated rings. The largest absolute Gasteiger partial charge is 0.339 e. The molecule has 4 nitrogen and oxygen atoms in total. The Morgan fingerprint density at radius 2 is 1.95 bits per heavy atom. The molecule has 0 bridgehead atoms. The summed E-state index contributed by atoms with van der Waals surface area (Å²) in [5.74, 6) is 0.282. The molecule has 1 aliphatic heterocycles. The van der Waals surface area contributed by atoms with E-state index in [1.807, 2.05) is 4.90 Å². The van der Waals surface area contributed by atoms with Crippen LogP contribution in [0.1, 0.15) is 46.0 Å². The van der Waals surface area contributed by atoms with Crippen LogP contribution in [0, 0.1) is 0 Å². The smallest absolute Gasteiger partial charge is 0.236 e. The SMILES string of the molecule is CCCCCCC(C)N(C)CC(=O)N1CCNCC1. The molecule has 1 heterocycles. The third-order valence-corrected chi connectivity index (χ3v) is 4.08. The number of likely N-dealkylation sites (N-methyl/N-ethyl adjacent to an activating group) is 1. The van der Waals surface area contributed by atoms with Crippen LogP contribution in [0.5, 0.6) is 0 Å². The molecule has 1 rings (SSSR count). The van der Waals surface area contributed by atoms with E-state index in [1.54, 1.807) is 0 Å². The van der Waals surface area contributed by atoms with E-state index in [1.165, 1.54) is 32.1 Å². The Balaban J connectivity index is 2.20. The molecule has 0 aromatic carbocycles. The molecule has 1 N–H and O–H groups in total. The molecular weight excluding hydrogens is 238 g/mol. The molecule has 0 spiro atoms. The fraction of sp³-hybridized carbons (Fsp3) is 0.933. The molecule has 4 heteroatoms. The fourth-order valence-electron chi connectivity index (χ4n) is 2.47. The van der Waals surface area contributed by atoms with E-state index in [4.69, 9.17) is 0 Å². The number of nitrogens with one attached hydrogen (secondary N) is 1. The van der Waals surface area contributed by atoms with Gasteiger partial charge < -0.3 is 10.2 Å². The van der Waals surface area contributed by atoms with Crippen molar-refractivity contribution in [1.82, 2.24) is 15.1 Å². The topological polar surface area (TPSA) is 35.6 Å². The summed E-state index contributed by atoms with van der Waals surface area (Å²) in [5.41, 5.74) is 0. The normalized spacial score (nSPS) is 17.8. The van der Waals surface area contributed by atoms with Gasteiger partial charge in [0.2, 0.25) is 5.91 Å². The highest BCUT2D eigenvalue weighted by molar-refractivity contribution is 5.78. The third kappa shape index (κ3) is 6.39. The van der Waals surface area contributed by atoms with Crippen molar-refractivity contribution < 1.29 is 4.79 Å². The Kier molecular flexibility index (Phi) is 8.07. The zero-order valence-corrected chi connectivity index (χ0v) is 13.0. The summed E-state index contributed by atoms with van der Waals surface area (Å²) in [5, 5.41) is 3.28. The monoisotopic (exact) mass is 269 g/mol. The van der Waals surface area contributed by atoms with Crippen LogP contribution < -0.4 is 5.32 Å². The lowest BCUT2D eigenvalue weighted by Crippen LogP contribution is -2.50. The maximum Gasteiger partial charge on any atom is 0.236 e. The van der Waals surface area contributed by atoms with Crippen LogP contribution in [0.3, 0.4) is 0 Å². The van der Waals surface area contributed by atoms with E-state index in [0.29, 0.717) is 12.6 Å². The molecule has 1 unspecified atom stereocenters. The standard InChI is InChI=1S/C15H31N3O/c1-4-5-6-7-8-14(2)17(3)13-15(19)18-11-9-16-10-12-18/h14,16H,4-13H2,1-3H3. The van der Waals surface area contributed by atoms with Gasteiger partial charge in [-0.25, -0.2) is 0 Å². The molecule has 1 amide bonds. The number of rotatable bonds is 8. The number of nitrogens with zero attached hydrogens (tertiary/aromatic N) is 2. The molecule has 19 heavy (non-hydrogen) atoms. The Morgan fingerprint density at radius 3 is 2.58 bits per heavy atom. The summed E-state index contributed by atoms with van der Waals surface area (Å²) >= 11 is 0. The summed E-state index contributed by atoms with van der Waals surface area (Å²) in [6.45, 7) is 8.62. The summed E-state index contributed by atoms with van der Waals surface area (Å²) in [4.78, 5) is 16.3. The first-order chi connectivity index (χ1) is 9.15. The minimum absolute atomic E-state index is 0.282. The lowest BCUT2D eigenvalue weighted by molar-refractivity contribution is -0.133. The van der Waals surface area contributed by atoms with Crippen LogP contribution in [-0.2, 0) is 4.79 Å². The first-order valence-electron chi connectivity index (χ1n) is 7.84. The maximum atomic E-state index is 12.1. The highest BCUT2D eigenvalue weighted by Crippen LogP contribution is 2.09. The van der Waals surface area contributed by atoms with E-state index < -0.39 is 0 Å². The second-order valence-corrected chi connectivity index (χ2v) is 5.74. The van der Waals surface area contributed by atoms with E-state index in [0.717, 1.165) is 26.2 Å². The number of piperazine rings is 1. The second-order valence-electron chi connectivity index (χ2n) is 5.74. The molecule has 0 saturated carbocycles. The quantitative estimate of drug-likeness (QED) is 0.681. The van der Waals surface area contributed by atoms with Crippen LogP contribution in [0.25, 0.3) is 0 Å². The first-order valence-corrected chi connectivity index (χ1v) is 7.84. The van der Waals surface area contributed by atoms with Gasteiger partial charge in [0.15, 0.2) is 0 Å². The van der Waals surface area contributed by atoms with Crippen molar-refractivity contribution in [3.63, 3.8) is 0 Å². The van der Waals surface area contributed by atoms with Crippen LogP contribution in [-0.4, -0.2) is 61.5 Å². The minimum Gasteiger partial charge on any atom is -0.339 e. The molecule has 0 aliphatic carbocycles. The van der Waals surface area contributed by atoms with Gasteiger partial charge in [0, 0.05) is 32.2 Å². The Morgan fingerprint density at radius 1 is 1.26 bits per heavy atom. The van der Waals surface area contributed by atoms with E-state index >= 15 is 0 Å². The van der Waals surface area contributed by atoms with Gasteiger partial charge >= 0.3 is 0 Å². The molecule has 0 aromatic heterocycles. The zero-order valence-electron chi connectivity index (χ0n) is 13.0. The molecule has 0 aromatic rings. The van der Waals surface area contributed by atoms with Crippen molar-refractivity contribution in [3.05, 3.63) is 0 Å². The van der Waals surface area contributed by atoms with Crippen molar-refractivity contribution in [2.24, 2.45) is 0 Å². The predicted octanol–water partition coefficient (Wildman–Crippen LogP) is 1.71. The van der Waals surface area contributed by atoms with E-state index in [2.05, 4.69) is 31.1 Å². The van der Waals surface area contributed by atoms with Crippen LogP contribution in [0.15, 0.2) is 0 Å². The Labute approximate surface area is 118 Å². The number of hydrogen-bond acceptors (Lipinski definition) is 3. The summed E-state index contributed by atoms with van der Waals surface area (Å²) in [6.07, 6.45) is 6.41. The highest BCUT2D eigenvalue weighted by atomic mass is 16.2. The average Bonchev–Trinajstić information content (AvgIpc) is 2.44. The van der Waals surface area contributed by atoms with Gasteiger partial charge in [0.05, 0.1) is 6.54 Å². The number of carbonyl (C=O) groups excluding carboxylic acids is 1. The van der Waals surface area contributed by atoms with Gasteiger partial charge in [-0.2, -0.15) is 0 Å². The number of carbonyl (C=O) groups is 1. The van der Waals surface area contributed by atoms with E-state index in [9.17, 15) is 4.79 Å². The van der Waals surface area contributed by atoms with Gasteiger partial charge in [0.25, 0.3) is 0 Å². The summed E-state index contributed by atoms with van der Waals surface area (Å²) in [6, 6.07) is 0.503. The lowest BCUT2D eigenvalue weighted by atomic mass is 10.1. The molecule has 1 saturated heterocycles. The van der Waals surface area contributed by atoms with Crippen molar-refractivity contribution in [2.45, 2.75) is 52.0 Å². The van der Waals surface area contributed by atoms with Crippen molar-refractivity contribution in [1.29, 1.82) is 0 Å². The fourth-order valence-corrected chi connectivity index (χ4v) is 2.47. The van der Waals surface area contributed by atoms with Crippen LogP contribution >= 0.6 is 0 Å². The van der Waals surface area contributed by atoms with Gasteiger partial charge in [-0.15, -0.1) is 0 Å². The third-order valence-electron chi connectivity index (χ3n) is 4.08. The van der Waals surface area contributed by atoms with Gasteiger partial charge in [0.1, 0.15) is 0 Å². The summed E-state index contributed by atoms with van der Waals surface area (Å²) in [7, 11) is 2.07. The zero-order chi connectivity index (χ0) is 14.1. The second kappa shape index (κ2) is 9.32. The molecule has 112 valence electrons. The van der Waals surface area contributed by atoms with Gasteiger partial charge in [-0.1, -0.05) is 32.6 Å². The highest BCUT2D eigenvalue weighted by Gasteiger charge is 2.19. The molecule has 1 atom stereocenters. The molecule has 1 aliphatic rings. The molecular formula is C15H31N3O. The lowest BCUT2D eigenvalue weighted by Gasteiger charge is -2.31. The van der Waals surface area contributed by atoms with Crippen molar-refractivity contribution in [3.8, 4) is 0 Å². The summed E-state index contributed by atoms with van der Waals surface area (Å²) < 4.78 is 0. The average molecular weight is 269 g/mol. The predicted molar refractivity (Wildman–Crippen MR) is 80.3 cm³/mol.